The fourth-order valence-corrected chi connectivity index (χ4v) is 9.34. The summed E-state index contributed by atoms with van der Waals surface area (Å²) < 4.78 is 4.83. The van der Waals surface area contributed by atoms with Crippen LogP contribution in [0.15, 0.2) is 180 Å². The highest BCUT2D eigenvalue weighted by Crippen LogP contribution is 2.52. The molecule has 2 nitrogen and oxygen atoms in total. The van der Waals surface area contributed by atoms with E-state index in [0.29, 0.717) is 0 Å². The third-order valence-corrected chi connectivity index (χ3v) is 11.4. The van der Waals surface area contributed by atoms with Gasteiger partial charge in [-0.2, -0.15) is 0 Å². The molecule has 2 aromatic heterocycles. The molecule has 1 aliphatic rings. The van der Waals surface area contributed by atoms with Gasteiger partial charge in [0.05, 0.1) is 22.1 Å². The number of para-hydroxylation sites is 4. The molecule has 228 valence electrons. The van der Waals surface area contributed by atoms with Crippen LogP contribution in [-0.2, 0) is 0 Å². The smallest absolute Gasteiger partial charge is 0.0558 e. The summed E-state index contributed by atoms with van der Waals surface area (Å²) in [5.41, 5.74) is 12.4. The van der Waals surface area contributed by atoms with Crippen LogP contribution in [0.25, 0.3) is 88.0 Å². The lowest BCUT2D eigenvalue weighted by molar-refractivity contribution is 1.18. The van der Waals surface area contributed by atoms with E-state index in [-0.39, 0.29) is 0 Å². The minimum absolute atomic E-state index is 1.18. The lowest BCUT2D eigenvalue weighted by atomic mass is 9.93. The van der Waals surface area contributed by atoms with Crippen LogP contribution in [0.5, 0.6) is 0 Å². The highest BCUT2D eigenvalue weighted by molar-refractivity contribution is 7.99. The van der Waals surface area contributed by atoms with Crippen molar-refractivity contribution in [3.63, 3.8) is 0 Å². The van der Waals surface area contributed by atoms with Gasteiger partial charge in [-0.25, -0.2) is 0 Å². The Morgan fingerprint density at radius 3 is 1.69 bits per heavy atom. The maximum atomic E-state index is 2.43. The molecule has 0 bridgehead atoms. The van der Waals surface area contributed by atoms with E-state index >= 15 is 0 Å². The van der Waals surface area contributed by atoms with Crippen molar-refractivity contribution < 1.29 is 0 Å². The van der Waals surface area contributed by atoms with Crippen molar-refractivity contribution in [2.24, 2.45) is 0 Å². The predicted octanol–water partition coefficient (Wildman–Crippen LogP) is 12.8. The van der Waals surface area contributed by atoms with E-state index in [0.717, 1.165) is 0 Å². The summed E-state index contributed by atoms with van der Waals surface area (Å²) in [6, 6.07) is 62.3. The molecule has 10 aromatic rings. The van der Waals surface area contributed by atoms with Crippen molar-refractivity contribution in [3.05, 3.63) is 170 Å². The fourth-order valence-electron chi connectivity index (χ4n) is 8.19. The summed E-state index contributed by atoms with van der Waals surface area (Å²) >= 11 is 1.90. The molecule has 0 radical (unpaired) electrons. The van der Waals surface area contributed by atoms with E-state index in [1.165, 1.54) is 97.8 Å². The number of benzene rings is 8. The van der Waals surface area contributed by atoms with Gasteiger partial charge in [0.15, 0.2) is 0 Å². The van der Waals surface area contributed by atoms with Crippen LogP contribution in [0, 0.1) is 0 Å². The molecule has 0 saturated heterocycles. The van der Waals surface area contributed by atoms with E-state index in [1.54, 1.807) is 0 Å². The van der Waals surface area contributed by atoms with E-state index in [9.17, 15) is 0 Å². The number of rotatable bonds is 3. The Kier molecular flexibility index (Phi) is 5.63. The van der Waals surface area contributed by atoms with Gasteiger partial charge in [-0.15, -0.1) is 0 Å². The van der Waals surface area contributed by atoms with Crippen molar-refractivity contribution in [2.75, 3.05) is 0 Å². The van der Waals surface area contributed by atoms with Crippen molar-refractivity contribution >= 4 is 66.1 Å². The number of fused-ring (bicyclic) bond motifs is 9. The largest absolute Gasteiger partial charge is 0.309 e. The molecule has 0 unspecified atom stereocenters. The summed E-state index contributed by atoms with van der Waals surface area (Å²) in [5.74, 6) is 0. The quantitative estimate of drug-likeness (QED) is 0.187. The summed E-state index contributed by atoms with van der Waals surface area (Å²) in [4.78, 5) is 2.61. The molecular weight excluding hydrogens is 613 g/mol. The molecule has 0 N–H and O–H groups in total. The van der Waals surface area contributed by atoms with E-state index in [4.69, 9.17) is 0 Å². The molecule has 0 atom stereocenters. The molecule has 0 spiro atoms. The number of hydrogen-bond donors (Lipinski definition) is 0. The summed E-state index contributed by atoms with van der Waals surface area (Å²) in [5, 5.41) is 7.82. The second-order valence-corrected chi connectivity index (χ2v) is 14.0. The molecule has 49 heavy (non-hydrogen) atoms. The van der Waals surface area contributed by atoms with Crippen LogP contribution in [-0.4, -0.2) is 9.13 Å². The van der Waals surface area contributed by atoms with Crippen molar-refractivity contribution in [2.45, 2.75) is 9.79 Å². The average Bonchev–Trinajstić information content (AvgIpc) is 3.68. The monoisotopic (exact) mass is 640 g/mol. The van der Waals surface area contributed by atoms with Gasteiger partial charge in [0.2, 0.25) is 0 Å². The van der Waals surface area contributed by atoms with Crippen molar-refractivity contribution in [1.82, 2.24) is 9.13 Å². The van der Waals surface area contributed by atoms with E-state index in [1.807, 2.05) is 11.8 Å². The Morgan fingerprint density at radius 1 is 0.327 bits per heavy atom. The lowest BCUT2D eigenvalue weighted by Crippen LogP contribution is -1.97. The topological polar surface area (TPSA) is 9.86 Å². The first kappa shape index (κ1) is 27.0. The van der Waals surface area contributed by atoms with Crippen LogP contribution < -0.4 is 0 Å². The number of hydrogen-bond acceptors (Lipinski definition) is 1. The number of aromatic nitrogens is 2. The minimum Gasteiger partial charge on any atom is -0.309 e. The fraction of sp³-hybridized carbons (Fsp3) is 0. The van der Waals surface area contributed by atoms with Crippen LogP contribution in [0.4, 0.5) is 0 Å². The molecule has 8 aromatic carbocycles. The van der Waals surface area contributed by atoms with Crippen LogP contribution >= 0.6 is 11.8 Å². The Balaban J connectivity index is 1.13. The van der Waals surface area contributed by atoms with Gasteiger partial charge in [-0.05, 0) is 88.3 Å². The first-order valence-corrected chi connectivity index (χ1v) is 17.6. The molecule has 0 fully saturated rings. The molecular formula is C46H28N2S. The van der Waals surface area contributed by atoms with Crippen molar-refractivity contribution in [1.29, 1.82) is 0 Å². The van der Waals surface area contributed by atoms with E-state index in [2.05, 4.69) is 179 Å². The number of nitrogens with zero attached hydrogens (tertiary/aromatic N) is 2. The second-order valence-electron chi connectivity index (χ2n) is 12.9. The first-order valence-electron chi connectivity index (χ1n) is 16.8. The maximum absolute atomic E-state index is 2.43. The highest BCUT2D eigenvalue weighted by atomic mass is 32.2. The van der Waals surface area contributed by atoms with Crippen molar-refractivity contribution in [3.8, 4) is 33.6 Å². The average molecular weight is 641 g/mol. The third kappa shape index (κ3) is 3.85. The van der Waals surface area contributed by atoms with Gasteiger partial charge < -0.3 is 9.13 Å². The summed E-state index contributed by atoms with van der Waals surface area (Å²) in [6.07, 6.45) is 0. The predicted molar refractivity (Wildman–Crippen MR) is 208 cm³/mol. The molecule has 0 amide bonds. The SMILES string of the molecule is c1ccc(-n2c3ccccc3c3ccc(-c4ccc5c(c4)-c4cccc6c4c(cc4c6c6ccccc6n4-c4ccccc4)S5)cc32)cc1. The first-order chi connectivity index (χ1) is 24.3. The van der Waals surface area contributed by atoms with Crippen LogP contribution in [0.1, 0.15) is 0 Å². The summed E-state index contributed by atoms with van der Waals surface area (Å²) in [7, 11) is 0. The zero-order chi connectivity index (χ0) is 32.1. The van der Waals surface area contributed by atoms with Crippen LogP contribution in [0.2, 0.25) is 0 Å². The minimum atomic E-state index is 1.18. The molecule has 3 heterocycles. The zero-order valence-electron chi connectivity index (χ0n) is 26.5. The highest BCUT2D eigenvalue weighted by Gasteiger charge is 2.24. The third-order valence-electron chi connectivity index (χ3n) is 10.3. The molecule has 0 saturated carbocycles. The van der Waals surface area contributed by atoms with E-state index < -0.39 is 0 Å². The Hall–Kier alpha value is -6.03. The van der Waals surface area contributed by atoms with Crippen LogP contribution in [0.3, 0.4) is 0 Å². The van der Waals surface area contributed by atoms with Gasteiger partial charge in [0.1, 0.15) is 0 Å². The maximum Gasteiger partial charge on any atom is 0.0558 e. The second kappa shape index (κ2) is 10.2. The Bertz CT molecular complexity index is 2950. The standard InChI is InChI=1S/C46H28N2S/c1-3-12-31(13-4-1)47-39-20-9-7-16-33(39)34-24-22-30(27-41(34)47)29-23-25-43-38(26-29)35-18-11-19-37-45-36-17-8-10-21-40(36)48(32-14-5-2-6-15-32)42(45)28-44(49-43)46(35)37/h1-28H. The molecule has 1 aliphatic heterocycles. The van der Waals surface area contributed by atoms with Gasteiger partial charge in [-0.3, -0.25) is 0 Å². The van der Waals surface area contributed by atoms with Gasteiger partial charge >= 0.3 is 0 Å². The van der Waals surface area contributed by atoms with Gasteiger partial charge in [0.25, 0.3) is 0 Å². The zero-order valence-corrected chi connectivity index (χ0v) is 27.3. The summed E-state index contributed by atoms with van der Waals surface area (Å²) in [6.45, 7) is 0. The van der Waals surface area contributed by atoms with Gasteiger partial charge in [0, 0.05) is 48.1 Å². The normalized spacial score (nSPS) is 12.4. The Labute approximate surface area is 287 Å². The van der Waals surface area contributed by atoms with Gasteiger partial charge in [-0.1, -0.05) is 121 Å². The lowest BCUT2D eigenvalue weighted by Gasteiger charge is -2.22. The Morgan fingerprint density at radius 2 is 0.918 bits per heavy atom. The molecule has 11 rings (SSSR count). The molecule has 3 heteroatoms. The molecule has 0 aliphatic carbocycles.